The molecule has 0 unspecified atom stereocenters. The molecule has 5 heteroatoms. The van der Waals surface area contributed by atoms with Crippen molar-refractivity contribution in [2.75, 3.05) is 6.54 Å². The second kappa shape index (κ2) is 9.41. The highest BCUT2D eigenvalue weighted by atomic mass is 16.5. The first-order chi connectivity index (χ1) is 17.0. The molecule has 1 amide bonds. The summed E-state index contributed by atoms with van der Waals surface area (Å²) in [5, 5.41) is 11.4. The van der Waals surface area contributed by atoms with Crippen molar-refractivity contribution < 1.29 is 19.4 Å². The highest BCUT2D eigenvalue weighted by Crippen LogP contribution is 2.40. The first kappa shape index (κ1) is 22.9. The summed E-state index contributed by atoms with van der Waals surface area (Å²) in [5.41, 5.74) is 4.72. The minimum Gasteiger partial charge on any atom is -0.507 e. The molecule has 5 nitrogen and oxygen atoms in total. The zero-order valence-electron chi connectivity index (χ0n) is 20.0. The van der Waals surface area contributed by atoms with E-state index >= 15 is 0 Å². The Bertz CT molecular complexity index is 1290. The van der Waals surface area contributed by atoms with Crippen LogP contribution in [0.25, 0.3) is 5.76 Å². The van der Waals surface area contributed by atoms with Crippen molar-refractivity contribution in [3.05, 3.63) is 106 Å². The maximum absolute atomic E-state index is 13.3. The van der Waals surface area contributed by atoms with Crippen LogP contribution in [-0.2, 0) is 28.9 Å². The Kier molecular flexibility index (Phi) is 6.16. The van der Waals surface area contributed by atoms with Gasteiger partial charge in [-0.3, -0.25) is 9.59 Å². The molecule has 178 valence electrons. The van der Waals surface area contributed by atoms with E-state index in [1.807, 2.05) is 73.7 Å². The molecule has 5 rings (SSSR count). The van der Waals surface area contributed by atoms with Gasteiger partial charge in [-0.15, -0.1) is 0 Å². The third-order valence-corrected chi connectivity index (χ3v) is 6.90. The van der Waals surface area contributed by atoms with E-state index in [1.54, 1.807) is 11.0 Å². The molecule has 35 heavy (non-hydrogen) atoms. The van der Waals surface area contributed by atoms with Crippen LogP contribution >= 0.6 is 0 Å². The van der Waals surface area contributed by atoms with E-state index in [1.165, 1.54) is 5.56 Å². The number of hydrogen-bond donors (Lipinski definition) is 1. The number of Topliss-reactive ketones (excluding diaryl/α,β-unsaturated/α-hetero) is 1. The topological polar surface area (TPSA) is 66.8 Å². The molecule has 0 spiro atoms. The molecule has 0 saturated carbocycles. The number of likely N-dealkylation sites (tertiary alicyclic amines) is 1. The van der Waals surface area contributed by atoms with E-state index in [0.29, 0.717) is 18.5 Å². The van der Waals surface area contributed by atoms with E-state index < -0.39 is 17.7 Å². The van der Waals surface area contributed by atoms with Crippen LogP contribution in [0.15, 0.2) is 78.4 Å². The minimum atomic E-state index is -0.648. The Labute approximate surface area is 205 Å². The second-order valence-corrected chi connectivity index (χ2v) is 9.28. The fourth-order valence-electron chi connectivity index (χ4n) is 5.01. The summed E-state index contributed by atoms with van der Waals surface area (Å²) in [6, 6.07) is 22.6. The van der Waals surface area contributed by atoms with Crippen molar-refractivity contribution in [1.29, 1.82) is 0 Å². The van der Waals surface area contributed by atoms with Gasteiger partial charge in [-0.25, -0.2) is 0 Å². The lowest BCUT2D eigenvalue weighted by molar-refractivity contribution is -0.139. The molecule has 0 aromatic heterocycles. The number of ether oxygens (including phenoxy) is 1. The number of carbonyl (C=O) groups is 2. The van der Waals surface area contributed by atoms with Crippen molar-refractivity contribution in [3.63, 3.8) is 0 Å². The molecule has 1 fully saturated rings. The molecule has 3 aromatic carbocycles. The normalized spacial score (nSPS) is 20.7. The Morgan fingerprint density at radius 1 is 1.00 bits per heavy atom. The Morgan fingerprint density at radius 2 is 1.74 bits per heavy atom. The molecule has 2 aliphatic heterocycles. The summed E-state index contributed by atoms with van der Waals surface area (Å²) >= 11 is 0. The lowest BCUT2D eigenvalue weighted by Gasteiger charge is -2.25. The average Bonchev–Trinajstić information content (AvgIpc) is 3.38. The van der Waals surface area contributed by atoms with Crippen molar-refractivity contribution in [2.24, 2.45) is 0 Å². The van der Waals surface area contributed by atoms with Crippen LogP contribution in [0.5, 0.6) is 5.75 Å². The van der Waals surface area contributed by atoms with Gasteiger partial charge >= 0.3 is 0 Å². The fraction of sp³-hybridized carbons (Fsp3) is 0.267. The summed E-state index contributed by atoms with van der Waals surface area (Å²) in [7, 11) is 0. The van der Waals surface area contributed by atoms with Gasteiger partial charge in [-0.2, -0.15) is 0 Å². The lowest BCUT2D eigenvalue weighted by atomic mass is 9.93. The summed E-state index contributed by atoms with van der Waals surface area (Å²) in [4.78, 5) is 28.1. The fourth-order valence-corrected chi connectivity index (χ4v) is 5.01. The third kappa shape index (κ3) is 4.34. The number of carbonyl (C=O) groups excluding carboxylic acids is 2. The largest absolute Gasteiger partial charge is 0.507 e. The molecule has 0 aliphatic carbocycles. The Hall–Kier alpha value is -3.86. The van der Waals surface area contributed by atoms with Crippen LogP contribution in [0.3, 0.4) is 0 Å². The molecule has 3 aromatic rings. The first-order valence-corrected chi connectivity index (χ1v) is 12.2. The monoisotopic (exact) mass is 467 g/mol. The molecule has 1 N–H and O–H groups in total. The zero-order chi connectivity index (χ0) is 24.5. The van der Waals surface area contributed by atoms with Crippen LogP contribution in [0.1, 0.15) is 47.7 Å². The number of ketones is 1. The molecule has 2 heterocycles. The Morgan fingerprint density at radius 3 is 2.46 bits per heavy atom. The van der Waals surface area contributed by atoms with Crippen LogP contribution in [0.4, 0.5) is 0 Å². The molecule has 2 aliphatic rings. The van der Waals surface area contributed by atoms with Crippen LogP contribution in [-0.4, -0.2) is 34.3 Å². The molecule has 1 saturated heterocycles. The van der Waals surface area contributed by atoms with Crippen LogP contribution in [0, 0.1) is 0 Å². The summed E-state index contributed by atoms with van der Waals surface area (Å²) in [6.45, 7) is 4.46. The van der Waals surface area contributed by atoms with Gasteiger partial charge in [0, 0.05) is 18.5 Å². The number of benzene rings is 3. The van der Waals surface area contributed by atoms with Crippen molar-refractivity contribution in [3.8, 4) is 5.75 Å². The van der Waals surface area contributed by atoms with E-state index in [9.17, 15) is 14.7 Å². The van der Waals surface area contributed by atoms with Gasteiger partial charge in [0.1, 0.15) is 17.6 Å². The van der Waals surface area contributed by atoms with Crippen molar-refractivity contribution >= 4 is 17.4 Å². The molecule has 0 radical (unpaired) electrons. The maximum Gasteiger partial charge on any atom is 0.295 e. The lowest BCUT2D eigenvalue weighted by Crippen LogP contribution is -2.31. The van der Waals surface area contributed by atoms with Crippen LogP contribution in [0.2, 0.25) is 0 Å². The third-order valence-electron chi connectivity index (χ3n) is 6.90. The SMILES string of the molecule is CCc1ccc([C@@H]2C(=C(O)c3ccc4c(c3)C[C@H](C)O4)C(=O)C(=O)N2CCc2ccccc2)cc1. The second-order valence-electron chi connectivity index (χ2n) is 9.28. The highest BCUT2D eigenvalue weighted by molar-refractivity contribution is 6.46. The molecule has 0 bridgehead atoms. The standard InChI is InChI=1S/C30H29NO4/c1-3-20-9-11-22(12-10-20)27-26(28(32)23-13-14-25-24(18-23)17-19(2)35-25)29(33)30(34)31(27)16-15-21-7-5-4-6-8-21/h4-14,18-19,27,32H,3,15-17H2,1-2H3/t19-,27+/m0/s1. The van der Waals surface area contributed by atoms with Gasteiger partial charge in [-0.05, 0) is 60.2 Å². The van der Waals surface area contributed by atoms with Gasteiger partial charge in [0.05, 0.1) is 11.6 Å². The number of aryl methyl sites for hydroxylation is 1. The van der Waals surface area contributed by atoms with E-state index in [-0.39, 0.29) is 17.4 Å². The summed E-state index contributed by atoms with van der Waals surface area (Å²) in [6.07, 6.45) is 2.32. The highest BCUT2D eigenvalue weighted by Gasteiger charge is 2.45. The number of aliphatic hydroxyl groups is 1. The molecule has 2 atom stereocenters. The number of amides is 1. The zero-order valence-corrected chi connectivity index (χ0v) is 20.0. The van der Waals surface area contributed by atoms with Gasteiger partial charge in [0.2, 0.25) is 0 Å². The summed E-state index contributed by atoms with van der Waals surface area (Å²) < 4.78 is 5.78. The average molecular weight is 468 g/mol. The smallest absolute Gasteiger partial charge is 0.295 e. The minimum absolute atomic E-state index is 0.0723. The molecular formula is C30H29NO4. The predicted molar refractivity (Wildman–Crippen MR) is 135 cm³/mol. The number of aliphatic hydroxyl groups excluding tert-OH is 1. The number of nitrogens with zero attached hydrogens (tertiary/aromatic N) is 1. The van der Waals surface area contributed by atoms with E-state index in [0.717, 1.165) is 35.3 Å². The molecular weight excluding hydrogens is 438 g/mol. The first-order valence-electron chi connectivity index (χ1n) is 12.2. The van der Waals surface area contributed by atoms with E-state index in [2.05, 4.69) is 6.92 Å². The Balaban J connectivity index is 1.57. The number of rotatable bonds is 6. The number of hydrogen-bond acceptors (Lipinski definition) is 4. The quantitative estimate of drug-likeness (QED) is 0.306. The van der Waals surface area contributed by atoms with Gasteiger partial charge in [-0.1, -0.05) is 61.5 Å². The van der Waals surface area contributed by atoms with Crippen molar-refractivity contribution in [1.82, 2.24) is 4.90 Å². The van der Waals surface area contributed by atoms with Gasteiger partial charge < -0.3 is 14.7 Å². The van der Waals surface area contributed by atoms with Crippen molar-refractivity contribution in [2.45, 2.75) is 45.3 Å². The van der Waals surface area contributed by atoms with E-state index in [4.69, 9.17) is 4.74 Å². The van der Waals surface area contributed by atoms with Gasteiger partial charge in [0.25, 0.3) is 11.7 Å². The predicted octanol–water partition coefficient (Wildman–Crippen LogP) is 5.24. The summed E-state index contributed by atoms with van der Waals surface area (Å²) in [5.74, 6) is -0.572. The maximum atomic E-state index is 13.3. The number of fused-ring (bicyclic) bond motifs is 1. The van der Waals surface area contributed by atoms with Gasteiger partial charge in [0.15, 0.2) is 0 Å². The van der Waals surface area contributed by atoms with Crippen LogP contribution < -0.4 is 4.74 Å².